The van der Waals surface area contributed by atoms with Gasteiger partial charge in [-0.3, -0.25) is 4.79 Å². The molecular formula is C15H20N2O. The Kier molecular flexibility index (Phi) is 2.98. The van der Waals surface area contributed by atoms with Gasteiger partial charge < -0.3 is 10.6 Å². The number of fused-ring (bicyclic) bond motifs is 1. The molecule has 96 valence electrons. The van der Waals surface area contributed by atoms with E-state index in [1.807, 2.05) is 24.3 Å². The molecule has 1 heterocycles. The average molecular weight is 244 g/mol. The number of hydrogen-bond acceptors (Lipinski definition) is 2. The molecule has 2 unspecified atom stereocenters. The van der Waals surface area contributed by atoms with Gasteiger partial charge in [-0.05, 0) is 37.3 Å². The van der Waals surface area contributed by atoms with Crippen LogP contribution in [0.4, 0.5) is 5.69 Å². The van der Waals surface area contributed by atoms with E-state index in [-0.39, 0.29) is 11.8 Å². The van der Waals surface area contributed by atoms with Crippen molar-refractivity contribution in [2.75, 3.05) is 11.9 Å². The minimum Gasteiger partial charge on any atom is -0.384 e. The summed E-state index contributed by atoms with van der Waals surface area (Å²) in [6.07, 6.45) is 3.85. The highest BCUT2D eigenvalue weighted by atomic mass is 16.2. The zero-order chi connectivity index (χ0) is 12.5. The van der Waals surface area contributed by atoms with E-state index in [0.29, 0.717) is 12.0 Å². The van der Waals surface area contributed by atoms with E-state index in [2.05, 4.69) is 17.6 Å². The van der Waals surface area contributed by atoms with Crippen molar-refractivity contribution in [3.05, 3.63) is 29.8 Å². The van der Waals surface area contributed by atoms with Gasteiger partial charge in [0, 0.05) is 18.3 Å². The van der Waals surface area contributed by atoms with Gasteiger partial charge in [0.15, 0.2) is 0 Å². The van der Waals surface area contributed by atoms with Crippen molar-refractivity contribution in [2.24, 2.45) is 5.92 Å². The van der Waals surface area contributed by atoms with Crippen molar-refractivity contribution in [3.63, 3.8) is 0 Å². The molecule has 2 aliphatic rings. The van der Waals surface area contributed by atoms with Crippen LogP contribution in [-0.2, 0) is 4.79 Å². The SMILES string of the molecule is CC(NC(=O)C1CNc2ccccc21)C1CCC1. The predicted molar refractivity (Wildman–Crippen MR) is 72.6 cm³/mol. The normalized spacial score (nSPS) is 23.7. The van der Waals surface area contributed by atoms with Gasteiger partial charge in [0.05, 0.1) is 5.92 Å². The minimum absolute atomic E-state index is 0.0243. The van der Waals surface area contributed by atoms with Crippen LogP contribution >= 0.6 is 0 Å². The van der Waals surface area contributed by atoms with Gasteiger partial charge in [-0.25, -0.2) is 0 Å². The summed E-state index contributed by atoms with van der Waals surface area (Å²) in [6.45, 7) is 2.86. The van der Waals surface area contributed by atoms with Crippen molar-refractivity contribution in [1.29, 1.82) is 0 Å². The molecule has 0 spiro atoms. The second kappa shape index (κ2) is 4.63. The fourth-order valence-corrected chi connectivity index (χ4v) is 2.90. The first kappa shape index (κ1) is 11.6. The minimum atomic E-state index is -0.0243. The molecule has 18 heavy (non-hydrogen) atoms. The molecule has 1 aliphatic carbocycles. The Balaban J connectivity index is 1.67. The number of carbonyl (C=O) groups excluding carboxylic acids is 1. The first-order valence-corrected chi connectivity index (χ1v) is 6.89. The Morgan fingerprint density at radius 3 is 2.89 bits per heavy atom. The molecule has 0 aromatic heterocycles. The maximum atomic E-state index is 12.3. The highest BCUT2D eigenvalue weighted by molar-refractivity contribution is 5.88. The second-order valence-electron chi connectivity index (χ2n) is 5.51. The molecule has 3 rings (SSSR count). The van der Waals surface area contributed by atoms with Crippen LogP contribution in [-0.4, -0.2) is 18.5 Å². The Morgan fingerprint density at radius 1 is 1.39 bits per heavy atom. The molecule has 1 amide bonds. The van der Waals surface area contributed by atoms with E-state index < -0.39 is 0 Å². The molecule has 2 atom stereocenters. The summed E-state index contributed by atoms with van der Waals surface area (Å²) in [5, 5.41) is 6.49. The number of carbonyl (C=O) groups is 1. The molecule has 2 N–H and O–H groups in total. The third-order valence-electron chi connectivity index (χ3n) is 4.38. The molecule has 3 nitrogen and oxygen atoms in total. The molecule has 1 saturated carbocycles. The van der Waals surface area contributed by atoms with E-state index in [4.69, 9.17) is 0 Å². The lowest BCUT2D eigenvalue weighted by molar-refractivity contribution is -0.123. The van der Waals surface area contributed by atoms with Crippen LogP contribution in [0.15, 0.2) is 24.3 Å². The van der Waals surface area contributed by atoms with Crippen molar-refractivity contribution >= 4 is 11.6 Å². The highest BCUT2D eigenvalue weighted by Gasteiger charge is 2.31. The lowest BCUT2D eigenvalue weighted by Crippen LogP contribution is -2.43. The zero-order valence-corrected chi connectivity index (χ0v) is 10.8. The van der Waals surface area contributed by atoms with E-state index in [1.54, 1.807) is 0 Å². The van der Waals surface area contributed by atoms with Crippen LogP contribution in [0.25, 0.3) is 0 Å². The van der Waals surface area contributed by atoms with E-state index in [1.165, 1.54) is 19.3 Å². The summed E-state index contributed by atoms with van der Waals surface area (Å²) in [4.78, 5) is 12.3. The highest BCUT2D eigenvalue weighted by Crippen LogP contribution is 2.33. The van der Waals surface area contributed by atoms with E-state index in [9.17, 15) is 4.79 Å². The fourth-order valence-electron chi connectivity index (χ4n) is 2.90. The second-order valence-corrected chi connectivity index (χ2v) is 5.51. The Hall–Kier alpha value is -1.51. The lowest BCUT2D eigenvalue weighted by atomic mass is 9.80. The van der Waals surface area contributed by atoms with Crippen LogP contribution in [0.2, 0.25) is 0 Å². The van der Waals surface area contributed by atoms with Crippen molar-refractivity contribution in [2.45, 2.75) is 38.1 Å². The molecule has 0 saturated heterocycles. The van der Waals surface area contributed by atoms with Crippen LogP contribution < -0.4 is 10.6 Å². The van der Waals surface area contributed by atoms with Gasteiger partial charge in [-0.2, -0.15) is 0 Å². The average Bonchev–Trinajstić information content (AvgIpc) is 2.69. The monoisotopic (exact) mass is 244 g/mol. The number of anilines is 1. The Labute approximate surface area is 108 Å². The van der Waals surface area contributed by atoms with Crippen molar-refractivity contribution < 1.29 is 4.79 Å². The summed E-state index contributed by atoms with van der Waals surface area (Å²) < 4.78 is 0. The number of hydrogen-bond donors (Lipinski definition) is 2. The van der Waals surface area contributed by atoms with Crippen LogP contribution in [0, 0.1) is 5.92 Å². The van der Waals surface area contributed by atoms with Crippen LogP contribution in [0.1, 0.15) is 37.7 Å². The third kappa shape index (κ3) is 1.98. The Bertz CT molecular complexity index is 454. The zero-order valence-electron chi connectivity index (χ0n) is 10.8. The summed E-state index contributed by atoms with van der Waals surface area (Å²) >= 11 is 0. The number of amides is 1. The quantitative estimate of drug-likeness (QED) is 0.857. The summed E-state index contributed by atoms with van der Waals surface area (Å²) in [5.74, 6) is 0.842. The van der Waals surface area contributed by atoms with E-state index in [0.717, 1.165) is 17.8 Å². The first-order chi connectivity index (χ1) is 8.75. The van der Waals surface area contributed by atoms with Gasteiger partial charge in [-0.1, -0.05) is 24.6 Å². The molecule has 1 aromatic carbocycles. The summed E-state index contributed by atoms with van der Waals surface area (Å²) in [6, 6.07) is 8.41. The summed E-state index contributed by atoms with van der Waals surface area (Å²) in [5.41, 5.74) is 2.24. The molecule has 1 aliphatic heterocycles. The van der Waals surface area contributed by atoms with Gasteiger partial charge in [0.25, 0.3) is 0 Å². The number of nitrogens with one attached hydrogen (secondary N) is 2. The number of benzene rings is 1. The van der Waals surface area contributed by atoms with Crippen molar-refractivity contribution in [1.82, 2.24) is 5.32 Å². The predicted octanol–water partition coefficient (Wildman–Crippen LogP) is 2.50. The molecule has 1 fully saturated rings. The van der Waals surface area contributed by atoms with Crippen molar-refractivity contribution in [3.8, 4) is 0 Å². The fraction of sp³-hybridized carbons (Fsp3) is 0.533. The maximum absolute atomic E-state index is 12.3. The van der Waals surface area contributed by atoms with Crippen LogP contribution in [0.3, 0.4) is 0 Å². The largest absolute Gasteiger partial charge is 0.384 e. The number of rotatable bonds is 3. The smallest absolute Gasteiger partial charge is 0.229 e. The van der Waals surface area contributed by atoms with Gasteiger partial charge >= 0.3 is 0 Å². The third-order valence-corrected chi connectivity index (χ3v) is 4.38. The van der Waals surface area contributed by atoms with Gasteiger partial charge in [0.2, 0.25) is 5.91 Å². The topological polar surface area (TPSA) is 41.1 Å². The molecule has 1 aromatic rings. The first-order valence-electron chi connectivity index (χ1n) is 6.89. The standard InChI is InChI=1S/C15H20N2O/c1-10(11-5-4-6-11)17-15(18)13-9-16-14-8-3-2-7-12(13)14/h2-3,7-8,10-11,13,16H,4-6,9H2,1H3,(H,17,18). The maximum Gasteiger partial charge on any atom is 0.229 e. The molecule has 0 radical (unpaired) electrons. The molecule has 0 bridgehead atoms. The van der Waals surface area contributed by atoms with Gasteiger partial charge in [-0.15, -0.1) is 0 Å². The van der Waals surface area contributed by atoms with E-state index >= 15 is 0 Å². The Morgan fingerprint density at radius 2 is 2.17 bits per heavy atom. The van der Waals surface area contributed by atoms with Gasteiger partial charge in [0.1, 0.15) is 0 Å². The number of para-hydroxylation sites is 1. The molecule has 3 heteroatoms. The van der Waals surface area contributed by atoms with Crippen LogP contribution in [0.5, 0.6) is 0 Å². The lowest BCUT2D eigenvalue weighted by Gasteiger charge is -2.32. The molecular weight excluding hydrogens is 224 g/mol. The summed E-state index contributed by atoms with van der Waals surface area (Å²) in [7, 11) is 0.